The van der Waals surface area contributed by atoms with Crippen LogP contribution in [0.1, 0.15) is 40.5 Å². The van der Waals surface area contributed by atoms with Gasteiger partial charge in [0.15, 0.2) is 0 Å². The van der Waals surface area contributed by atoms with Crippen LogP contribution in [0.3, 0.4) is 0 Å². The van der Waals surface area contributed by atoms with Gasteiger partial charge in [0.05, 0.1) is 0 Å². The fourth-order valence-corrected chi connectivity index (χ4v) is 10.6. The van der Waals surface area contributed by atoms with E-state index >= 15 is 0 Å². The molecule has 0 aromatic heterocycles. The summed E-state index contributed by atoms with van der Waals surface area (Å²) in [6.45, 7) is 8.22. The van der Waals surface area contributed by atoms with E-state index in [1.165, 1.54) is 26.9 Å². The molecule has 0 fully saturated rings. The van der Waals surface area contributed by atoms with Gasteiger partial charge in [0.25, 0.3) is 0 Å². The molecule has 0 aliphatic heterocycles. The molecule has 0 rings (SSSR count). The molecule has 15 heavy (non-hydrogen) atoms. The van der Waals surface area contributed by atoms with Crippen molar-refractivity contribution in [3.63, 3.8) is 0 Å². The van der Waals surface area contributed by atoms with E-state index in [4.69, 9.17) is 0 Å². The third kappa shape index (κ3) is 6.29. The first-order valence-electron chi connectivity index (χ1n) is 5.94. The number of ketones is 1. The maximum absolute atomic E-state index is 11.0. The minimum absolute atomic E-state index is 0.164. The van der Waals surface area contributed by atoms with Crippen molar-refractivity contribution in [1.82, 2.24) is 2.89 Å². The molecule has 0 atom stereocenters. The summed E-state index contributed by atoms with van der Waals surface area (Å²) in [4.78, 5) is 11.0. The zero-order valence-corrected chi connectivity index (χ0v) is 14.1. The summed E-state index contributed by atoms with van der Waals surface area (Å²) in [5, 5.41) is 0. The van der Waals surface area contributed by atoms with Crippen LogP contribution in [-0.4, -0.2) is 37.4 Å². The van der Waals surface area contributed by atoms with Crippen molar-refractivity contribution in [1.29, 1.82) is 0 Å². The Morgan fingerprint density at radius 1 is 1.20 bits per heavy atom. The van der Waals surface area contributed by atoms with Gasteiger partial charge in [-0.2, -0.15) is 0 Å². The predicted molar refractivity (Wildman–Crippen MR) is 68.2 cm³/mol. The molecule has 3 heteroatoms. The Morgan fingerprint density at radius 3 is 2.00 bits per heavy atom. The number of hydrogen-bond acceptors (Lipinski definition) is 2. The topological polar surface area (TPSA) is 20.3 Å². The van der Waals surface area contributed by atoms with Gasteiger partial charge in [-0.05, 0) is 0 Å². The molecular formula is C12H24InNO. The molecule has 0 aromatic rings. The molecule has 2 nitrogen and oxygen atoms in total. The van der Waals surface area contributed by atoms with Crippen LogP contribution in [0.2, 0.25) is 8.35 Å². The Kier molecular flexibility index (Phi) is 8.30. The number of hydrogen-bond donors (Lipinski definition) is 0. The van der Waals surface area contributed by atoms with E-state index in [-0.39, 0.29) is 5.78 Å². The molecule has 0 unspecified atom stereocenters. The molecule has 0 radical (unpaired) electrons. The Bertz CT molecular complexity index is 220. The zero-order chi connectivity index (χ0) is 11.8. The van der Waals surface area contributed by atoms with Crippen molar-refractivity contribution >= 4 is 27.5 Å². The first kappa shape index (κ1) is 15.1. The predicted octanol–water partition coefficient (Wildman–Crippen LogP) is 3.22. The van der Waals surface area contributed by atoms with Gasteiger partial charge in [-0.25, -0.2) is 0 Å². The molecule has 0 aliphatic carbocycles. The van der Waals surface area contributed by atoms with Crippen molar-refractivity contribution in [3.8, 4) is 0 Å². The van der Waals surface area contributed by atoms with Gasteiger partial charge in [-0.1, -0.05) is 0 Å². The molecule has 0 amide bonds. The summed E-state index contributed by atoms with van der Waals surface area (Å²) < 4.78 is 5.28. The summed E-state index contributed by atoms with van der Waals surface area (Å²) >= 11 is -1.55. The van der Waals surface area contributed by atoms with Crippen LogP contribution >= 0.6 is 0 Å². The third-order valence-electron chi connectivity index (χ3n) is 2.76. The Morgan fingerprint density at radius 2 is 1.67 bits per heavy atom. The van der Waals surface area contributed by atoms with E-state index in [0.717, 1.165) is 0 Å². The molecule has 0 heterocycles. The summed E-state index contributed by atoms with van der Waals surface area (Å²) in [6.07, 6.45) is 4.35. The van der Waals surface area contributed by atoms with Gasteiger partial charge in [0.2, 0.25) is 0 Å². The van der Waals surface area contributed by atoms with Crippen LogP contribution < -0.4 is 0 Å². The van der Waals surface area contributed by atoms with Crippen LogP contribution in [0.4, 0.5) is 0 Å². The molecule has 0 N–H and O–H groups in total. The first-order valence-corrected chi connectivity index (χ1v) is 12.1. The second kappa shape index (κ2) is 8.26. The van der Waals surface area contributed by atoms with Gasteiger partial charge in [0.1, 0.15) is 0 Å². The molecule has 0 saturated heterocycles. The Labute approximate surface area is 103 Å². The number of allylic oxidation sites excluding steroid dienone is 2. The van der Waals surface area contributed by atoms with Gasteiger partial charge >= 0.3 is 103 Å². The standard InChI is InChI=1S/C6H11NO.2C3H7.In/c1-5(7-3)4-6(2)8;2*1-3-2;/h4H,1-3H3,(H,7,8);2*1,3H2,2H3;/q;;;+1/p-1. The monoisotopic (exact) mass is 313 g/mol. The number of carbonyl (C=O) groups excluding carboxylic acids is 1. The minimum atomic E-state index is -1.55. The molecule has 0 spiro atoms. The van der Waals surface area contributed by atoms with Gasteiger partial charge in [-0.3, -0.25) is 0 Å². The molecule has 86 valence electrons. The second-order valence-corrected chi connectivity index (χ2v) is 13.5. The van der Waals surface area contributed by atoms with Crippen molar-refractivity contribution in [2.45, 2.75) is 48.9 Å². The van der Waals surface area contributed by atoms with Crippen LogP contribution in [0.15, 0.2) is 11.8 Å². The fourth-order valence-electron chi connectivity index (χ4n) is 1.88. The number of nitrogens with zero attached hydrogens (tertiary/aromatic N) is 1. The van der Waals surface area contributed by atoms with Gasteiger partial charge < -0.3 is 0 Å². The zero-order valence-electron chi connectivity index (χ0n) is 10.8. The van der Waals surface area contributed by atoms with Gasteiger partial charge in [-0.15, -0.1) is 0 Å². The normalized spacial score (nSPS) is 11.4. The van der Waals surface area contributed by atoms with E-state index in [0.29, 0.717) is 0 Å². The van der Waals surface area contributed by atoms with Crippen LogP contribution in [0.25, 0.3) is 0 Å². The average molecular weight is 313 g/mol. The van der Waals surface area contributed by atoms with E-state index in [1.54, 1.807) is 13.0 Å². The van der Waals surface area contributed by atoms with E-state index < -0.39 is 21.7 Å². The van der Waals surface area contributed by atoms with Crippen LogP contribution in [-0.2, 0) is 4.79 Å². The number of rotatable bonds is 7. The SMILES string of the molecule is CC[CH2][In]([CH2]CC)[N](C)/C(C)=C\C(C)=O. The fraction of sp³-hybridized carbons (Fsp3) is 0.750. The molecule has 0 aliphatic rings. The van der Waals surface area contributed by atoms with Crippen LogP contribution in [0, 0.1) is 0 Å². The summed E-state index contributed by atoms with van der Waals surface area (Å²) in [5.41, 5.74) is 1.17. The van der Waals surface area contributed by atoms with Crippen molar-refractivity contribution in [3.05, 3.63) is 11.8 Å². The maximum atomic E-state index is 11.0. The summed E-state index contributed by atoms with van der Waals surface area (Å²) in [7, 11) is 2.18. The Balaban J connectivity index is 4.46. The quantitative estimate of drug-likeness (QED) is 0.673. The molecule has 0 bridgehead atoms. The molecule has 0 saturated carbocycles. The van der Waals surface area contributed by atoms with E-state index in [9.17, 15) is 4.79 Å². The average Bonchev–Trinajstić information content (AvgIpc) is 2.15. The Hall–Kier alpha value is 0.0801. The third-order valence-corrected chi connectivity index (χ3v) is 14.1. The molecule has 0 aromatic carbocycles. The van der Waals surface area contributed by atoms with Crippen molar-refractivity contribution in [2.24, 2.45) is 0 Å². The van der Waals surface area contributed by atoms with Crippen molar-refractivity contribution < 1.29 is 4.79 Å². The first-order chi connectivity index (χ1) is 7.02. The molecular weight excluding hydrogens is 289 g/mol. The second-order valence-electron chi connectivity index (χ2n) is 4.24. The summed E-state index contributed by atoms with van der Waals surface area (Å²) in [6, 6.07) is 0. The van der Waals surface area contributed by atoms with E-state index in [1.807, 2.05) is 0 Å². The van der Waals surface area contributed by atoms with Gasteiger partial charge in [0, 0.05) is 0 Å². The number of carbonyl (C=O) groups is 1. The van der Waals surface area contributed by atoms with Crippen molar-refractivity contribution in [2.75, 3.05) is 7.05 Å². The summed E-state index contributed by atoms with van der Waals surface area (Å²) in [5.74, 6) is 0.164. The van der Waals surface area contributed by atoms with Crippen LogP contribution in [0.5, 0.6) is 0 Å². The van der Waals surface area contributed by atoms with E-state index in [2.05, 4.69) is 30.7 Å².